The number of alkyl halides is 3. The summed E-state index contributed by atoms with van der Waals surface area (Å²) in [6.45, 7) is 1.81. The van der Waals surface area contributed by atoms with E-state index in [1.807, 2.05) is 4.90 Å². The first-order valence-electron chi connectivity index (χ1n) is 10.5. The summed E-state index contributed by atoms with van der Waals surface area (Å²) in [5.41, 5.74) is -1.74. The molecule has 0 N–H and O–H groups in total. The molecule has 13 heteroatoms. The molecule has 0 saturated carbocycles. The summed E-state index contributed by atoms with van der Waals surface area (Å²) in [6.07, 6.45) is -4.02. The van der Waals surface area contributed by atoms with Crippen molar-refractivity contribution in [2.75, 3.05) is 24.6 Å². The molecule has 0 amide bonds. The SMILES string of the molecule is O=c1nc(OCc2cc(F)c(Oc3ccnc(C(F)(F)F)c3)c(F)c2)cc2n1C[C@@H]1CN2CCO1. The van der Waals surface area contributed by atoms with E-state index in [4.69, 9.17) is 14.2 Å². The summed E-state index contributed by atoms with van der Waals surface area (Å²) in [5.74, 6) is -2.99. The highest BCUT2D eigenvalue weighted by Gasteiger charge is 2.33. The van der Waals surface area contributed by atoms with Crippen molar-refractivity contribution >= 4 is 5.82 Å². The summed E-state index contributed by atoms with van der Waals surface area (Å²) < 4.78 is 85.1. The van der Waals surface area contributed by atoms with E-state index in [9.17, 15) is 26.7 Å². The maximum Gasteiger partial charge on any atom is 0.433 e. The zero-order valence-electron chi connectivity index (χ0n) is 17.9. The molecule has 0 aliphatic carbocycles. The molecule has 184 valence electrons. The van der Waals surface area contributed by atoms with E-state index in [2.05, 4.69) is 9.97 Å². The first-order chi connectivity index (χ1) is 16.7. The number of pyridine rings is 1. The van der Waals surface area contributed by atoms with Gasteiger partial charge in [0.15, 0.2) is 17.4 Å². The molecule has 2 aliphatic rings. The van der Waals surface area contributed by atoms with E-state index >= 15 is 0 Å². The van der Waals surface area contributed by atoms with Crippen molar-refractivity contribution in [2.24, 2.45) is 0 Å². The Morgan fingerprint density at radius 3 is 2.63 bits per heavy atom. The predicted octanol–water partition coefficient (Wildman–Crippen LogP) is 3.53. The molecular formula is C22H17F5N4O4. The Hall–Kier alpha value is -3.74. The molecule has 2 aliphatic heterocycles. The molecule has 3 aromatic rings. The second kappa shape index (κ2) is 8.80. The Balaban J connectivity index is 1.32. The highest BCUT2D eigenvalue weighted by Crippen LogP contribution is 2.33. The molecule has 2 aromatic heterocycles. The lowest BCUT2D eigenvalue weighted by Gasteiger charge is -2.40. The van der Waals surface area contributed by atoms with Gasteiger partial charge in [-0.25, -0.2) is 13.6 Å². The average Bonchev–Trinajstić information content (AvgIpc) is 2.81. The molecule has 0 unspecified atom stereocenters. The van der Waals surface area contributed by atoms with Gasteiger partial charge in [-0.1, -0.05) is 0 Å². The lowest BCUT2D eigenvalue weighted by molar-refractivity contribution is -0.141. The van der Waals surface area contributed by atoms with Crippen LogP contribution in [0.2, 0.25) is 0 Å². The molecule has 4 heterocycles. The van der Waals surface area contributed by atoms with Crippen molar-refractivity contribution < 1.29 is 36.2 Å². The van der Waals surface area contributed by atoms with E-state index in [-0.39, 0.29) is 24.2 Å². The third-order valence-electron chi connectivity index (χ3n) is 5.50. The van der Waals surface area contributed by atoms with Crippen LogP contribution in [0.5, 0.6) is 17.4 Å². The summed E-state index contributed by atoms with van der Waals surface area (Å²) in [5, 5.41) is 0. The predicted molar refractivity (Wildman–Crippen MR) is 110 cm³/mol. The molecule has 1 saturated heterocycles. The number of nitrogens with zero attached hydrogens (tertiary/aromatic N) is 4. The standard InChI is InChI=1S/C22H17F5N4O4/c23-15-5-12(6-16(24)20(15)35-13-1-2-28-17(7-13)22(25,26)27)11-34-18-8-19-30-3-4-33-14(9-30)10-31(19)21(32)29-18/h1-2,5-8,14H,3-4,9-11H2/t14-/m0/s1. The average molecular weight is 496 g/mol. The lowest BCUT2D eigenvalue weighted by atomic mass is 10.2. The highest BCUT2D eigenvalue weighted by atomic mass is 19.4. The van der Waals surface area contributed by atoms with Gasteiger partial charge in [0, 0.05) is 31.4 Å². The number of benzene rings is 1. The van der Waals surface area contributed by atoms with Crippen LogP contribution in [0.3, 0.4) is 0 Å². The Bertz CT molecular complexity index is 1310. The number of hydrogen-bond acceptors (Lipinski definition) is 7. The molecule has 0 spiro atoms. The van der Waals surface area contributed by atoms with Crippen LogP contribution in [0.15, 0.2) is 41.3 Å². The Labute approximate surface area is 194 Å². The van der Waals surface area contributed by atoms with Gasteiger partial charge in [0.05, 0.1) is 19.3 Å². The molecule has 2 bridgehead atoms. The number of aromatic nitrogens is 3. The van der Waals surface area contributed by atoms with E-state index in [1.54, 1.807) is 6.07 Å². The molecule has 1 aromatic carbocycles. The van der Waals surface area contributed by atoms with Gasteiger partial charge >= 0.3 is 11.9 Å². The number of halogens is 5. The summed E-state index contributed by atoms with van der Waals surface area (Å²) in [7, 11) is 0. The third kappa shape index (κ3) is 4.76. The van der Waals surface area contributed by atoms with Gasteiger partial charge in [-0.05, 0) is 23.8 Å². The smallest absolute Gasteiger partial charge is 0.433 e. The maximum absolute atomic E-state index is 14.5. The van der Waals surface area contributed by atoms with E-state index in [0.717, 1.165) is 24.4 Å². The molecular weight excluding hydrogens is 479 g/mol. The normalized spacial score (nSPS) is 17.2. The molecule has 5 rings (SSSR count). The van der Waals surface area contributed by atoms with Gasteiger partial charge in [-0.2, -0.15) is 18.2 Å². The van der Waals surface area contributed by atoms with Crippen LogP contribution >= 0.6 is 0 Å². The van der Waals surface area contributed by atoms with Crippen LogP contribution < -0.4 is 20.1 Å². The Morgan fingerprint density at radius 1 is 1.11 bits per heavy atom. The minimum Gasteiger partial charge on any atom is -0.473 e. The van der Waals surface area contributed by atoms with Crippen molar-refractivity contribution in [2.45, 2.75) is 25.4 Å². The second-order valence-electron chi connectivity index (χ2n) is 7.94. The van der Waals surface area contributed by atoms with Crippen LogP contribution in [0.1, 0.15) is 11.3 Å². The third-order valence-corrected chi connectivity index (χ3v) is 5.50. The van der Waals surface area contributed by atoms with Crippen molar-refractivity contribution in [3.8, 4) is 17.4 Å². The van der Waals surface area contributed by atoms with Crippen molar-refractivity contribution in [1.29, 1.82) is 0 Å². The molecule has 35 heavy (non-hydrogen) atoms. The van der Waals surface area contributed by atoms with Crippen LogP contribution in [0, 0.1) is 11.6 Å². The van der Waals surface area contributed by atoms with Gasteiger partial charge in [-0.15, -0.1) is 0 Å². The van der Waals surface area contributed by atoms with Gasteiger partial charge in [-0.3, -0.25) is 9.55 Å². The fourth-order valence-electron chi connectivity index (χ4n) is 3.92. The first kappa shape index (κ1) is 23.0. The number of morpholine rings is 1. The number of rotatable bonds is 5. The van der Waals surface area contributed by atoms with Crippen LogP contribution in [0.25, 0.3) is 0 Å². The van der Waals surface area contributed by atoms with Crippen molar-refractivity contribution in [3.05, 3.63) is 69.9 Å². The number of hydrogen-bond donors (Lipinski definition) is 0. The monoisotopic (exact) mass is 496 g/mol. The fourth-order valence-corrected chi connectivity index (χ4v) is 3.92. The van der Waals surface area contributed by atoms with Crippen molar-refractivity contribution in [3.63, 3.8) is 0 Å². The van der Waals surface area contributed by atoms with Gasteiger partial charge < -0.3 is 19.1 Å². The zero-order chi connectivity index (χ0) is 24.7. The van der Waals surface area contributed by atoms with Crippen LogP contribution in [0.4, 0.5) is 27.8 Å². The number of fused-ring (bicyclic) bond motifs is 4. The minimum absolute atomic E-state index is 0.0104. The van der Waals surface area contributed by atoms with Crippen molar-refractivity contribution in [1.82, 2.24) is 14.5 Å². The lowest BCUT2D eigenvalue weighted by Crippen LogP contribution is -2.52. The second-order valence-corrected chi connectivity index (χ2v) is 7.94. The van der Waals surface area contributed by atoms with E-state index in [1.165, 1.54) is 4.57 Å². The summed E-state index contributed by atoms with van der Waals surface area (Å²) in [6, 6.07) is 4.99. The van der Waals surface area contributed by atoms with Gasteiger partial charge in [0.1, 0.15) is 23.9 Å². The van der Waals surface area contributed by atoms with Crippen LogP contribution in [-0.2, 0) is 24.1 Å². The molecule has 1 fully saturated rings. The van der Waals surface area contributed by atoms with Gasteiger partial charge in [0.25, 0.3) is 0 Å². The zero-order valence-corrected chi connectivity index (χ0v) is 17.9. The molecule has 0 radical (unpaired) electrons. The quantitative estimate of drug-likeness (QED) is 0.500. The topological polar surface area (TPSA) is 78.7 Å². The first-order valence-corrected chi connectivity index (χ1v) is 10.5. The molecule has 8 nitrogen and oxygen atoms in total. The van der Waals surface area contributed by atoms with Gasteiger partial charge in [0.2, 0.25) is 5.88 Å². The Kier molecular flexibility index (Phi) is 5.79. The number of ether oxygens (including phenoxy) is 3. The van der Waals surface area contributed by atoms with E-state index in [0.29, 0.717) is 38.1 Å². The maximum atomic E-state index is 14.5. The summed E-state index contributed by atoms with van der Waals surface area (Å²) >= 11 is 0. The summed E-state index contributed by atoms with van der Waals surface area (Å²) in [4.78, 5) is 21.4. The Morgan fingerprint density at radius 2 is 1.89 bits per heavy atom. The largest absolute Gasteiger partial charge is 0.473 e. The van der Waals surface area contributed by atoms with Crippen LogP contribution in [-0.4, -0.2) is 40.3 Å². The highest BCUT2D eigenvalue weighted by molar-refractivity contribution is 5.45. The van der Waals surface area contributed by atoms with E-state index < -0.39 is 40.7 Å². The number of anilines is 1. The fraction of sp³-hybridized carbons (Fsp3) is 0.318. The molecule has 1 atom stereocenters. The minimum atomic E-state index is -4.74.